The minimum Gasteiger partial charge on any atom is -0.497 e. The van der Waals surface area contributed by atoms with Crippen LogP contribution < -0.4 is 10.1 Å². The Morgan fingerprint density at radius 1 is 1.12 bits per heavy atom. The smallest absolute Gasteiger partial charge is 0.253 e. The fourth-order valence-electron chi connectivity index (χ4n) is 3.32. The monoisotopic (exact) mass is 486 g/mol. The second kappa shape index (κ2) is 11.3. The Hall–Kier alpha value is -2.84. The van der Waals surface area contributed by atoms with Gasteiger partial charge in [0, 0.05) is 12.1 Å². The van der Waals surface area contributed by atoms with Crippen molar-refractivity contribution < 1.29 is 14.3 Å². The van der Waals surface area contributed by atoms with Gasteiger partial charge in [0.15, 0.2) is 16.8 Å². The predicted octanol–water partition coefficient (Wildman–Crippen LogP) is 5.06. The number of rotatable bonds is 10. The lowest BCUT2D eigenvalue weighted by Crippen LogP contribution is -2.34. The second-order valence-corrected chi connectivity index (χ2v) is 9.05. The van der Waals surface area contributed by atoms with E-state index in [0.29, 0.717) is 39.4 Å². The number of nitrogens with zero attached hydrogens (tertiary/aromatic N) is 3. The van der Waals surface area contributed by atoms with Crippen LogP contribution in [0.25, 0.3) is 0 Å². The van der Waals surface area contributed by atoms with Crippen molar-refractivity contribution in [2.75, 3.05) is 12.9 Å². The summed E-state index contributed by atoms with van der Waals surface area (Å²) in [4.78, 5) is 25.5. The van der Waals surface area contributed by atoms with Gasteiger partial charge in [-0.2, -0.15) is 0 Å². The number of carbonyl (C=O) groups excluding carboxylic acids is 2. The Balaban J connectivity index is 1.76. The normalized spacial score (nSPS) is 11.9. The lowest BCUT2D eigenvalue weighted by Gasteiger charge is -2.22. The number of benzene rings is 2. The van der Waals surface area contributed by atoms with E-state index in [9.17, 15) is 9.59 Å². The molecular weight excluding hydrogens is 460 g/mol. The highest BCUT2D eigenvalue weighted by Crippen LogP contribution is 2.27. The Bertz CT molecular complexity index is 1120. The minimum atomic E-state index is -0.368. The molecule has 1 heterocycles. The first-order valence-electron chi connectivity index (χ1n) is 10.6. The zero-order valence-electron chi connectivity index (χ0n) is 19.0. The van der Waals surface area contributed by atoms with Gasteiger partial charge in [0.2, 0.25) is 0 Å². The number of hydrogen-bond donors (Lipinski definition) is 1. The van der Waals surface area contributed by atoms with Gasteiger partial charge < -0.3 is 14.6 Å². The van der Waals surface area contributed by atoms with E-state index in [1.165, 1.54) is 11.8 Å². The molecule has 0 saturated heterocycles. The SMILES string of the molecule is CCn1c(SCC(=O)c2ccc(OC)cc2)nnc1[C@@H](NC(=O)c1ccccc1Cl)C(C)C. The lowest BCUT2D eigenvalue weighted by atomic mass is 10.0. The maximum absolute atomic E-state index is 12.9. The molecule has 0 bridgehead atoms. The standard InChI is InChI=1S/C24H27ClN4O3S/c1-5-29-22(21(15(2)3)26-23(31)18-8-6-7-9-19(18)25)27-28-24(29)33-14-20(30)16-10-12-17(32-4)13-11-16/h6-13,15,21H,5,14H2,1-4H3,(H,26,31)/t21-/m0/s1. The molecule has 7 nitrogen and oxygen atoms in total. The molecule has 9 heteroatoms. The molecule has 2 aromatic carbocycles. The van der Waals surface area contributed by atoms with Crippen molar-refractivity contribution in [1.82, 2.24) is 20.1 Å². The van der Waals surface area contributed by atoms with Crippen LogP contribution >= 0.6 is 23.4 Å². The molecule has 0 spiro atoms. The third-order valence-corrected chi connectivity index (χ3v) is 6.45. The molecule has 1 aromatic heterocycles. The first-order valence-corrected chi connectivity index (χ1v) is 12.0. The number of aromatic nitrogens is 3. The van der Waals surface area contributed by atoms with Crippen molar-refractivity contribution in [1.29, 1.82) is 0 Å². The maximum Gasteiger partial charge on any atom is 0.253 e. The van der Waals surface area contributed by atoms with Crippen molar-refractivity contribution in [3.8, 4) is 5.75 Å². The zero-order chi connectivity index (χ0) is 24.0. The summed E-state index contributed by atoms with van der Waals surface area (Å²) in [6.07, 6.45) is 0. The Morgan fingerprint density at radius 3 is 2.42 bits per heavy atom. The van der Waals surface area contributed by atoms with E-state index in [4.69, 9.17) is 16.3 Å². The Labute approximate surface area is 202 Å². The highest BCUT2D eigenvalue weighted by Gasteiger charge is 2.26. The number of ether oxygens (including phenoxy) is 1. The van der Waals surface area contributed by atoms with E-state index < -0.39 is 0 Å². The van der Waals surface area contributed by atoms with Gasteiger partial charge in [-0.1, -0.05) is 49.3 Å². The summed E-state index contributed by atoms with van der Waals surface area (Å²) in [7, 11) is 1.59. The number of thioether (sulfide) groups is 1. The van der Waals surface area contributed by atoms with Crippen molar-refractivity contribution in [2.24, 2.45) is 5.92 Å². The van der Waals surface area contributed by atoms with Crippen molar-refractivity contribution in [3.63, 3.8) is 0 Å². The van der Waals surface area contributed by atoms with Crippen LogP contribution in [0, 0.1) is 5.92 Å². The Morgan fingerprint density at radius 2 is 1.82 bits per heavy atom. The summed E-state index contributed by atoms with van der Waals surface area (Å²) in [5.74, 6) is 1.35. The van der Waals surface area contributed by atoms with Crippen LogP contribution in [0.4, 0.5) is 0 Å². The van der Waals surface area contributed by atoms with Gasteiger partial charge in [0.1, 0.15) is 5.75 Å². The number of nitrogens with one attached hydrogen (secondary N) is 1. The van der Waals surface area contributed by atoms with Crippen LogP contribution in [0.1, 0.15) is 53.4 Å². The molecule has 0 saturated carbocycles. The molecule has 0 aliphatic carbocycles. The maximum atomic E-state index is 12.9. The number of hydrogen-bond acceptors (Lipinski definition) is 6. The van der Waals surface area contributed by atoms with Gasteiger partial charge in [0.05, 0.1) is 29.5 Å². The summed E-state index contributed by atoms with van der Waals surface area (Å²) in [5, 5.41) is 12.7. The molecule has 0 aliphatic rings. The summed E-state index contributed by atoms with van der Waals surface area (Å²) in [5.41, 5.74) is 1.02. The number of Topliss-reactive ketones (excluding diaryl/α,β-unsaturated/α-hetero) is 1. The fourth-order valence-corrected chi connectivity index (χ4v) is 4.44. The second-order valence-electron chi connectivity index (χ2n) is 7.70. The highest BCUT2D eigenvalue weighted by atomic mass is 35.5. The van der Waals surface area contributed by atoms with E-state index in [1.54, 1.807) is 55.6 Å². The summed E-state index contributed by atoms with van der Waals surface area (Å²) < 4.78 is 7.07. The zero-order valence-corrected chi connectivity index (χ0v) is 20.6. The molecule has 3 aromatic rings. The van der Waals surface area contributed by atoms with Crippen LogP contribution in [0.3, 0.4) is 0 Å². The molecule has 1 atom stereocenters. The molecule has 0 unspecified atom stereocenters. The van der Waals surface area contributed by atoms with Crippen LogP contribution in [0.2, 0.25) is 5.02 Å². The summed E-state index contributed by atoms with van der Waals surface area (Å²) in [6.45, 7) is 6.60. The van der Waals surface area contributed by atoms with Gasteiger partial charge in [-0.25, -0.2) is 0 Å². The van der Waals surface area contributed by atoms with Crippen molar-refractivity contribution >= 4 is 35.1 Å². The molecular formula is C24H27ClN4O3S. The highest BCUT2D eigenvalue weighted by molar-refractivity contribution is 7.99. The average Bonchev–Trinajstić information content (AvgIpc) is 3.23. The van der Waals surface area contributed by atoms with Gasteiger partial charge in [0.25, 0.3) is 5.91 Å². The van der Waals surface area contributed by atoms with Crippen LogP contribution in [0.5, 0.6) is 5.75 Å². The van der Waals surface area contributed by atoms with E-state index in [0.717, 1.165) is 0 Å². The number of amides is 1. The Kier molecular flexibility index (Phi) is 8.52. The largest absolute Gasteiger partial charge is 0.497 e. The van der Waals surface area contributed by atoms with E-state index in [2.05, 4.69) is 15.5 Å². The molecule has 33 heavy (non-hydrogen) atoms. The lowest BCUT2D eigenvalue weighted by molar-refractivity contribution is 0.0921. The molecule has 0 fully saturated rings. The van der Waals surface area contributed by atoms with Crippen LogP contribution in [0.15, 0.2) is 53.7 Å². The molecule has 3 rings (SSSR count). The third-order valence-electron chi connectivity index (χ3n) is 5.16. The number of methoxy groups -OCH3 is 1. The molecule has 0 aliphatic heterocycles. The minimum absolute atomic E-state index is 0.0118. The molecule has 174 valence electrons. The van der Waals surface area contributed by atoms with Gasteiger partial charge in [-0.05, 0) is 49.2 Å². The fraction of sp³-hybridized carbons (Fsp3) is 0.333. The number of halogens is 1. The van der Waals surface area contributed by atoms with Crippen LogP contribution in [-0.2, 0) is 6.54 Å². The molecule has 0 radical (unpaired) electrons. The van der Waals surface area contributed by atoms with E-state index in [1.807, 2.05) is 25.3 Å². The third kappa shape index (κ3) is 5.94. The first-order chi connectivity index (χ1) is 15.8. The van der Waals surface area contributed by atoms with E-state index in [-0.39, 0.29) is 29.4 Å². The summed E-state index contributed by atoms with van der Waals surface area (Å²) in [6, 6.07) is 13.6. The average molecular weight is 487 g/mol. The number of ketones is 1. The van der Waals surface area contributed by atoms with E-state index >= 15 is 0 Å². The topological polar surface area (TPSA) is 86.1 Å². The van der Waals surface area contributed by atoms with Gasteiger partial charge in [-0.3, -0.25) is 9.59 Å². The van der Waals surface area contributed by atoms with Crippen molar-refractivity contribution in [3.05, 3.63) is 70.5 Å². The van der Waals surface area contributed by atoms with Gasteiger partial charge >= 0.3 is 0 Å². The van der Waals surface area contributed by atoms with Crippen LogP contribution in [-0.4, -0.2) is 39.3 Å². The number of carbonyl (C=O) groups is 2. The summed E-state index contributed by atoms with van der Waals surface area (Å²) >= 11 is 7.52. The molecule has 1 amide bonds. The predicted molar refractivity (Wildman–Crippen MR) is 130 cm³/mol. The van der Waals surface area contributed by atoms with Gasteiger partial charge in [-0.15, -0.1) is 10.2 Å². The van der Waals surface area contributed by atoms with Crippen molar-refractivity contribution in [2.45, 2.75) is 38.5 Å². The molecule has 1 N–H and O–H groups in total. The quantitative estimate of drug-likeness (QED) is 0.318. The first kappa shape index (κ1) is 24.8.